The van der Waals surface area contributed by atoms with Crippen molar-refractivity contribution in [3.05, 3.63) is 36.0 Å². The van der Waals surface area contributed by atoms with E-state index in [-0.39, 0.29) is 11.8 Å². The fourth-order valence-electron chi connectivity index (χ4n) is 2.48. The number of carbonyl (C=O) groups is 1. The van der Waals surface area contributed by atoms with Crippen molar-refractivity contribution in [2.24, 2.45) is 0 Å². The highest BCUT2D eigenvalue weighted by molar-refractivity contribution is 7.98. The van der Waals surface area contributed by atoms with E-state index >= 15 is 0 Å². The second-order valence-corrected chi connectivity index (χ2v) is 5.89. The monoisotopic (exact) mass is 303 g/mol. The minimum absolute atomic E-state index is 0.0109. The summed E-state index contributed by atoms with van der Waals surface area (Å²) in [5, 5.41) is 3.91. The van der Waals surface area contributed by atoms with E-state index < -0.39 is 0 Å². The highest BCUT2D eigenvalue weighted by Crippen LogP contribution is 2.32. The average molecular weight is 303 g/mol. The fourth-order valence-corrected chi connectivity index (χ4v) is 2.93. The molecule has 5 nitrogen and oxygen atoms in total. The third-order valence-corrected chi connectivity index (χ3v) is 4.36. The molecule has 1 amide bonds. The van der Waals surface area contributed by atoms with Crippen LogP contribution in [0.25, 0.3) is 0 Å². The molecule has 0 N–H and O–H groups in total. The molecule has 6 heteroatoms. The highest BCUT2D eigenvalue weighted by Gasteiger charge is 2.35. The summed E-state index contributed by atoms with van der Waals surface area (Å²) >= 11 is 1.67. The number of nitrogens with zero attached hydrogens (tertiary/aromatic N) is 3. The summed E-state index contributed by atoms with van der Waals surface area (Å²) in [5.74, 6) is 1.36. The molecule has 1 aromatic heterocycles. The zero-order chi connectivity index (χ0) is 14.8. The van der Waals surface area contributed by atoms with E-state index in [1.54, 1.807) is 16.7 Å². The van der Waals surface area contributed by atoms with Gasteiger partial charge in [0.05, 0.1) is 5.92 Å². The molecule has 2 heterocycles. The van der Waals surface area contributed by atoms with Crippen LogP contribution in [0.15, 0.2) is 33.7 Å². The molecule has 110 valence electrons. The molecule has 0 saturated carbocycles. The van der Waals surface area contributed by atoms with Crippen LogP contribution in [0, 0.1) is 0 Å². The van der Waals surface area contributed by atoms with E-state index in [1.807, 2.05) is 37.4 Å². The molecule has 0 bridgehead atoms. The van der Waals surface area contributed by atoms with Gasteiger partial charge < -0.3 is 9.42 Å². The predicted octanol–water partition coefficient (Wildman–Crippen LogP) is 2.87. The highest BCUT2D eigenvalue weighted by atomic mass is 32.2. The Balaban J connectivity index is 1.80. The van der Waals surface area contributed by atoms with E-state index in [0.717, 1.165) is 17.0 Å². The van der Waals surface area contributed by atoms with Crippen LogP contribution in [-0.4, -0.2) is 28.8 Å². The maximum absolute atomic E-state index is 12.3. The number of amides is 1. The number of aromatic nitrogens is 2. The number of benzene rings is 1. The molecular weight excluding hydrogens is 286 g/mol. The first kappa shape index (κ1) is 14.1. The van der Waals surface area contributed by atoms with E-state index in [2.05, 4.69) is 10.1 Å². The van der Waals surface area contributed by atoms with Gasteiger partial charge in [-0.1, -0.05) is 18.1 Å². The normalized spacial score (nSPS) is 18.5. The van der Waals surface area contributed by atoms with Crippen LogP contribution in [0.1, 0.15) is 31.0 Å². The maximum Gasteiger partial charge on any atom is 0.232 e. The largest absolute Gasteiger partial charge is 0.339 e. The zero-order valence-electron chi connectivity index (χ0n) is 12.1. The van der Waals surface area contributed by atoms with Gasteiger partial charge in [0.1, 0.15) is 0 Å². The molecule has 1 aliphatic rings. The minimum Gasteiger partial charge on any atom is -0.339 e. The Morgan fingerprint density at radius 1 is 1.48 bits per heavy atom. The van der Waals surface area contributed by atoms with Crippen molar-refractivity contribution in [2.75, 3.05) is 17.7 Å². The summed E-state index contributed by atoms with van der Waals surface area (Å²) in [5.41, 5.74) is 0.935. The van der Waals surface area contributed by atoms with Crippen molar-refractivity contribution in [3.8, 4) is 0 Å². The first-order chi connectivity index (χ1) is 10.2. The Morgan fingerprint density at radius 3 is 3.05 bits per heavy atom. The van der Waals surface area contributed by atoms with Crippen molar-refractivity contribution >= 4 is 23.4 Å². The summed E-state index contributed by atoms with van der Waals surface area (Å²) in [7, 11) is 0. The summed E-state index contributed by atoms with van der Waals surface area (Å²) in [6.07, 6.45) is 3.19. The van der Waals surface area contributed by atoms with Gasteiger partial charge in [-0.05, 0) is 24.5 Å². The molecule has 0 radical (unpaired) electrons. The lowest BCUT2D eigenvalue weighted by Crippen LogP contribution is -2.24. The second-order valence-electron chi connectivity index (χ2n) is 5.01. The van der Waals surface area contributed by atoms with Crippen LogP contribution >= 0.6 is 11.8 Å². The van der Waals surface area contributed by atoms with E-state index in [0.29, 0.717) is 24.7 Å². The van der Waals surface area contributed by atoms with Gasteiger partial charge in [0, 0.05) is 30.0 Å². The van der Waals surface area contributed by atoms with Gasteiger partial charge in [-0.15, -0.1) is 11.8 Å². The lowest BCUT2D eigenvalue weighted by molar-refractivity contribution is -0.117. The van der Waals surface area contributed by atoms with E-state index in [4.69, 9.17) is 4.52 Å². The van der Waals surface area contributed by atoms with Crippen molar-refractivity contribution in [1.82, 2.24) is 10.1 Å². The topological polar surface area (TPSA) is 59.2 Å². The molecule has 3 rings (SSSR count). The Bertz CT molecular complexity index is 656. The first-order valence-electron chi connectivity index (χ1n) is 6.98. The molecule has 1 atom stereocenters. The number of aryl methyl sites for hydroxylation is 1. The molecule has 1 aromatic carbocycles. The molecule has 1 aliphatic heterocycles. The average Bonchev–Trinajstić information content (AvgIpc) is 3.13. The van der Waals surface area contributed by atoms with Gasteiger partial charge in [-0.3, -0.25) is 4.79 Å². The first-order valence-corrected chi connectivity index (χ1v) is 8.20. The molecule has 1 saturated heterocycles. The van der Waals surface area contributed by atoms with Gasteiger partial charge >= 0.3 is 0 Å². The third kappa shape index (κ3) is 2.81. The van der Waals surface area contributed by atoms with Gasteiger partial charge in [0.2, 0.25) is 11.8 Å². The zero-order valence-corrected chi connectivity index (χ0v) is 12.9. The Morgan fingerprint density at radius 2 is 2.33 bits per heavy atom. The summed E-state index contributed by atoms with van der Waals surface area (Å²) < 4.78 is 5.27. The van der Waals surface area contributed by atoms with Crippen LogP contribution in [0.4, 0.5) is 5.69 Å². The van der Waals surface area contributed by atoms with Gasteiger partial charge in [-0.25, -0.2) is 0 Å². The van der Waals surface area contributed by atoms with Crippen LogP contribution in [-0.2, 0) is 11.2 Å². The van der Waals surface area contributed by atoms with Crippen molar-refractivity contribution < 1.29 is 9.32 Å². The summed E-state index contributed by atoms with van der Waals surface area (Å²) in [4.78, 5) is 19.6. The predicted molar refractivity (Wildman–Crippen MR) is 81.6 cm³/mol. The van der Waals surface area contributed by atoms with Crippen molar-refractivity contribution in [3.63, 3.8) is 0 Å². The van der Waals surface area contributed by atoms with Gasteiger partial charge in [0.25, 0.3) is 0 Å². The third-order valence-electron chi connectivity index (χ3n) is 3.64. The van der Waals surface area contributed by atoms with E-state index in [1.165, 1.54) is 0 Å². The molecule has 0 aliphatic carbocycles. The van der Waals surface area contributed by atoms with Crippen LogP contribution in [0.2, 0.25) is 0 Å². The lowest BCUT2D eigenvalue weighted by Gasteiger charge is -2.16. The van der Waals surface area contributed by atoms with E-state index in [9.17, 15) is 4.79 Å². The second kappa shape index (κ2) is 5.89. The minimum atomic E-state index is -0.0109. The van der Waals surface area contributed by atoms with Crippen LogP contribution < -0.4 is 4.90 Å². The number of rotatable bonds is 4. The fraction of sp³-hybridized carbons (Fsp3) is 0.400. The summed E-state index contributed by atoms with van der Waals surface area (Å²) in [6, 6.07) is 8.02. The molecular formula is C15H17N3O2S. The molecule has 21 heavy (non-hydrogen) atoms. The Labute approximate surface area is 127 Å². The number of hydrogen-bond donors (Lipinski definition) is 0. The van der Waals surface area contributed by atoms with Crippen molar-refractivity contribution in [1.29, 1.82) is 0 Å². The smallest absolute Gasteiger partial charge is 0.232 e. The lowest BCUT2D eigenvalue weighted by atomic mass is 10.1. The maximum atomic E-state index is 12.3. The number of anilines is 1. The van der Waals surface area contributed by atoms with Gasteiger partial charge in [-0.2, -0.15) is 4.98 Å². The number of thioether (sulfide) groups is 1. The van der Waals surface area contributed by atoms with Crippen LogP contribution in [0.5, 0.6) is 0 Å². The molecule has 1 fully saturated rings. The standard InChI is InChI=1S/C15H17N3O2S/c1-3-13-16-15(20-17-13)10-7-14(19)18(9-10)11-5-4-6-12(8-11)21-2/h4-6,8,10H,3,7,9H2,1-2H3. The van der Waals surface area contributed by atoms with Gasteiger partial charge in [0.15, 0.2) is 5.82 Å². The Hall–Kier alpha value is -1.82. The Kier molecular flexibility index (Phi) is 3.96. The molecule has 1 unspecified atom stereocenters. The quantitative estimate of drug-likeness (QED) is 0.813. The number of carbonyl (C=O) groups excluding carboxylic acids is 1. The SMILES string of the molecule is CCc1noc(C2CC(=O)N(c3cccc(SC)c3)C2)n1. The molecule has 2 aromatic rings. The van der Waals surface area contributed by atoms with Crippen LogP contribution in [0.3, 0.4) is 0 Å². The van der Waals surface area contributed by atoms with Crippen molar-refractivity contribution in [2.45, 2.75) is 30.6 Å². The number of hydrogen-bond acceptors (Lipinski definition) is 5. The summed E-state index contributed by atoms with van der Waals surface area (Å²) in [6.45, 7) is 2.58. The molecule has 0 spiro atoms.